The lowest BCUT2D eigenvalue weighted by Gasteiger charge is -2.43. The van der Waals surface area contributed by atoms with Gasteiger partial charge in [-0.25, -0.2) is 0 Å². The van der Waals surface area contributed by atoms with Crippen LogP contribution in [0.3, 0.4) is 0 Å². The van der Waals surface area contributed by atoms with Crippen LogP contribution in [0.5, 0.6) is 0 Å². The number of benzene rings is 2. The minimum Gasteiger partial charge on any atom is -0.407 e. The second-order valence-corrected chi connectivity index (χ2v) is 13.1. The Morgan fingerprint density at radius 1 is 0.917 bits per heavy atom. The van der Waals surface area contributed by atoms with Crippen molar-refractivity contribution in [2.24, 2.45) is 11.8 Å². The molecule has 1 aliphatic rings. The van der Waals surface area contributed by atoms with E-state index in [1.54, 1.807) is 0 Å². The third kappa shape index (κ3) is 3.49. The van der Waals surface area contributed by atoms with Crippen molar-refractivity contribution in [2.45, 2.75) is 32.2 Å². The van der Waals surface area contributed by atoms with Gasteiger partial charge >= 0.3 is 0 Å². The summed E-state index contributed by atoms with van der Waals surface area (Å²) < 4.78 is 8.21. The topological polar surface area (TPSA) is 9.23 Å². The van der Waals surface area contributed by atoms with E-state index in [9.17, 15) is 0 Å². The van der Waals surface area contributed by atoms with Crippen molar-refractivity contribution < 1.29 is 4.43 Å². The van der Waals surface area contributed by atoms with Crippen molar-refractivity contribution in [3.8, 4) is 0 Å². The second kappa shape index (κ2) is 7.30. The average Bonchev–Trinajstić information content (AvgIpc) is 3.35. The molecule has 1 fully saturated rings. The summed E-state index contributed by atoms with van der Waals surface area (Å²) in [6, 6.07) is 21.9. The molecule has 2 aromatic rings. The lowest BCUT2D eigenvalue weighted by Crippen LogP contribution is -2.66. The molecular formula is C21H27IOSi. The Hall–Kier alpha value is -0.653. The first-order chi connectivity index (χ1) is 11.5. The van der Waals surface area contributed by atoms with E-state index >= 15 is 0 Å². The molecule has 128 valence electrons. The molecule has 1 saturated carbocycles. The molecule has 0 heterocycles. The molecule has 0 saturated heterocycles. The van der Waals surface area contributed by atoms with E-state index in [4.69, 9.17) is 4.43 Å². The van der Waals surface area contributed by atoms with E-state index in [0.29, 0.717) is 0 Å². The van der Waals surface area contributed by atoms with Crippen molar-refractivity contribution in [2.75, 3.05) is 11.0 Å². The summed E-state index contributed by atoms with van der Waals surface area (Å²) in [4.78, 5) is 0. The fraction of sp³-hybridized carbons (Fsp3) is 0.429. The number of halogens is 1. The zero-order chi connectivity index (χ0) is 17.2. The van der Waals surface area contributed by atoms with Crippen LogP contribution in [0.15, 0.2) is 60.7 Å². The van der Waals surface area contributed by atoms with E-state index < -0.39 is 8.32 Å². The number of rotatable bonds is 6. The van der Waals surface area contributed by atoms with E-state index in [1.165, 1.54) is 21.2 Å². The highest BCUT2D eigenvalue weighted by Crippen LogP contribution is 2.43. The molecule has 0 aliphatic heterocycles. The Bertz CT molecular complexity index is 611. The van der Waals surface area contributed by atoms with E-state index in [0.717, 1.165) is 18.4 Å². The van der Waals surface area contributed by atoms with Gasteiger partial charge in [0.25, 0.3) is 8.32 Å². The van der Waals surface area contributed by atoms with Gasteiger partial charge in [0.05, 0.1) is 0 Å². The molecule has 2 aromatic carbocycles. The molecule has 0 aromatic heterocycles. The summed E-state index contributed by atoms with van der Waals surface area (Å²) in [5, 5.41) is 2.86. The largest absolute Gasteiger partial charge is 0.407 e. The highest BCUT2D eigenvalue weighted by molar-refractivity contribution is 14.1. The second-order valence-electron chi connectivity index (χ2n) is 7.88. The molecule has 1 aliphatic carbocycles. The maximum absolute atomic E-state index is 6.96. The molecule has 3 heteroatoms. The van der Waals surface area contributed by atoms with Gasteiger partial charge in [0, 0.05) is 11.0 Å². The zero-order valence-corrected chi connectivity index (χ0v) is 18.0. The van der Waals surface area contributed by atoms with Gasteiger partial charge in [-0.1, -0.05) is 104 Å². The monoisotopic (exact) mass is 450 g/mol. The molecule has 0 unspecified atom stereocenters. The van der Waals surface area contributed by atoms with Crippen LogP contribution in [0.25, 0.3) is 0 Å². The van der Waals surface area contributed by atoms with Crippen molar-refractivity contribution in [1.82, 2.24) is 0 Å². The molecule has 0 radical (unpaired) electrons. The summed E-state index contributed by atoms with van der Waals surface area (Å²) in [5.74, 6) is 1.62. The Morgan fingerprint density at radius 2 is 1.42 bits per heavy atom. The first-order valence-electron chi connectivity index (χ1n) is 8.80. The molecular weight excluding hydrogens is 423 g/mol. The van der Waals surface area contributed by atoms with Crippen molar-refractivity contribution in [1.29, 1.82) is 0 Å². The van der Waals surface area contributed by atoms with E-state index in [-0.39, 0.29) is 5.04 Å². The number of alkyl halides is 1. The lowest BCUT2D eigenvalue weighted by molar-refractivity contribution is 0.276. The minimum atomic E-state index is -2.32. The van der Waals surface area contributed by atoms with Gasteiger partial charge < -0.3 is 4.43 Å². The predicted octanol–water partition coefficient (Wildman–Crippen LogP) is 4.63. The first kappa shape index (κ1) is 18.1. The van der Waals surface area contributed by atoms with Crippen LogP contribution >= 0.6 is 22.6 Å². The normalized spacial score (nSPS) is 20.8. The fourth-order valence-corrected chi connectivity index (χ4v) is 9.40. The van der Waals surface area contributed by atoms with Gasteiger partial charge in [0.15, 0.2) is 0 Å². The van der Waals surface area contributed by atoms with Crippen molar-refractivity contribution in [3.05, 3.63) is 60.7 Å². The van der Waals surface area contributed by atoms with Gasteiger partial charge in [-0.05, 0) is 33.7 Å². The Labute approximate surface area is 161 Å². The summed E-state index contributed by atoms with van der Waals surface area (Å²) in [5.41, 5.74) is 0. The summed E-state index contributed by atoms with van der Waals surface area (Å²) in [6.45, 7) is 7.95. The fourth-order valence-electron chi connectivity index (χ4n) is 3.70. The van der Waals surface area contributed by atoms with Gasteiger partial charge in [-0.3, -0.25) is 0 Å². The molecule has 0 bridgehead atoms. The molecule has 1 nitrogen and oxygen atoms in total. The standard InChI is InChI=1S/C21H27IOSi/c1-21(2,3)24(19-10-6-4-7-11-19,20-12-8-5-9-13-20)23-16-18-14-17(18)15-22/h4-13,17-18H,14-16H2,1-3H3/t17-,18+/m1/s1. The predicted molar refractivity (Wildman–Crippen MR) is 114 cm³/mol. The summed E-state index contributed by atoms with van der Waals surface area (Å²) in [6.07, 6.45) is 1.33. The number of hydrogen-bond donors (Lipinski definition) is 0. The smallest absolute Gasteiger partial charge is 0.261 e. The molecule has 2 atom stereocenters. The third-order valence-electron chi connectivity index (χ3n) is 5.20. The zero-order valence-electron chi connectivity index (χ0n) is 14.8. The molecule has 24 heavy (non-hydrogen) atoms. The van der Waals surface area contributed by atoms with Crippen LogP contribution in [-0.4, -0.2) is 19.4 Å². The van der Waals surface area contributed by atoms with Crippen LogP contribution in [0.1, 0.15) is 27.2 Å². The highest BCUT2D eigenvalue weighted by Gasteiger charge is 2.51. The minimum absolute atomic E-state index is 0.0877. The Kier molecular flexibility index (Phi) is 5.52. The quantitative estimate of drug-likeness (QED) is 0.354. The van der Waals surface area contributed by atoms with Crippen LogP contribution in [0, 0.1) is 11.8 Å². The van der Waals surface area contributed by atoms with E-state index in [1.807, 2.05) is 0 Å². The van der Waals surface area contributed by atoms with E-state index in [2.05, 4.69) is 104 Å². The van der Waals surface area contributed by atoms with Gasteiger partial charge in [0.1, 0.15) is 0 Å². The molecule has 0 amide bonds. The van der Waals surface area contributed by atoms with Crippen LogP contribution in [0.2, 0.25) is 5.04 Å². The SMILES string of the molecule is CC(C)(C)[Si](OC[C@@H]1C[C@@H]1CI)(c1ccccc1)c1ccccc1. The van der Waals surface area contributed by atoms with Crippen LogP contribution in [-0.2, 0) is 4.43 Å². The van der Waals surface area contributed by atoms with Crippen LogP contribution in [0.4, 0.5) is 0 Å². The molecule has 0 spiro atoms. The highest BCUT2D eigenvalue weighted by atomic mass is 127. The molecule has 0 N–H and O–H groups in total. The van der Waals surface area contributed by atoms with Gasteiger partial charge in [0.2, 0.25) is 0 Å². The maximum Gasteiger partial charge on any atom is 0.261 e. The number of hydrogen-bond acceptors (Lipinski definition) is 1. The first-order valence-corrected chi connectivity index (χ1v) is 12.2. The van der Waals surface area contributed by atoms with Crippen molar-refractivity contribution >= 4 is 41.3 Å². The van der Waals surface area contributed by atoms with Crippen molar-refractivity contribution in [3.63, 3.8) is 0 Å². The summed E-state index contributed by atoms with van der Waals surface area (Å²) >= 11 is 2.51. The maximum atomic E-state index is 6.96. The average molecular weight is 450 g/mol. The Balaban J connectivity index is 2.04. The van der Waals surface area contributed by atoms with Crippen LogP contribution < -0.4 is 10.4 Å². The van der Waals surface area contributed by atoms with Gasteiger partial charge in [-0.2, -0.15) is 0 Å². The molecule has 3 rings (SSSR count). The lowest BCUT2D eigenvalue weighted by atomic mass is 10.2. The third-order valence-corrected chi connectivity index (χ3v) is 11.3. The summed E-state index contributed by atoms with van der Waals surface area (Å²) in [7, 11) is -2.32. The van der Waals surface area contributed by atoms with Gasteiger partial charge in [-0.15, -0.1) is 0 Å². The Morgan fingerprint density at radius 3 is 1.79 bits per heavy atom.